The number of aromatic nitrogens is 2. The van der Waals surface area contributed by atoms with Gasteiger partial charge in [-0.15, -0.1) is 29.3 Å². The molecular weight excluding hydrogens is 348 g/mol. The fourth-order valence-corrected chi connectivity index (χ4v) is 4.80. The number of thioether (sulfide) groups is 1. The first-order valence-corrected chi connectivity index (χ1v) is 9.65. The van der Waals surface area contributed by atoms with E-state index >= 15 is 0 Å². The number of Topliss-reactive ketones (excluding diaryl/α,β-unsaturated/α-hetero) is 1. The van der Waals surface area contributed by atoms with Crippen LogP contribution in [-0.4, -0.2) is 21.1 Å². The van der Waals surface area contributed by atoms with Crippen LogP contribution in [0, 0.1) is 0 Å². The van der Waals surface area contributed by atoms with Crippen LogP contribution in [0.15, 0.2) is 45.5 Å². The van der Waals surface area contributed by atoms with Gasteiger partial charge < -0.3 is 0 Å². The van der Waals surface area contributed by atoms with Gasteiger partial charge in [0.1, 0.15) is 10.6 Å². The monoisotopic (exact) mass is 362 g/mol. The number of ketones is 1. The number of nitrogens with zero attached hydrogens (tertiary/aromatic N) is 2. The molecule has 0 atom stereocenters. The Morgan fingerprint density at radius 3 is 2.96 bits per heavy atom. The second-order valence-corrected chi connectivity index (χ2v) is 7.64. The molecule has 0 N–H and O–H groups in total. The van der Waals surface area contributed by atoms with Crippen LogP contribution < -0.4 is 5.56 Å². The van der Waals surface area contributed by atoms with Crippen molar-refractivity contribution in [1.82, 2.24) is 9.55 Å². The summed E-state index contributed by atoms with van der Waals surface area (Å²) in [7, 11) is 0. The second-order valence-electron chi connectivity index (χ2n) is 4.90. The van der Waals surface area contributed by atoms with E-state index in [4.69, 9.17) is 0 Å². The van der Waals surface area contributed by atoms with E-state index in [0.29, 0.717) is 27.7 Å². The molecular formula is C16H14N2O2S3. The molecule has 0 bridgehead atoms. The minimum absolute atomic E-state index is 0.0555. The first kappa shape index (κ1) is 16.2. The molecule has 0 aliphatic heterocycles. The Kier molecular flexibility index (Phi) is 4.79. The third-order valence-electron chi connectivity index (χ3n) is 3.16. The second kappa shape index (κ2) is 6.82. The summed E-state index contributed by atoms with van der Waals surface area (Å²) in [6.45, 7) is 5.62. The van der Waals surface area contributed by atoms with E-state index in [1.54, 1.807) is 22.0 Å². The Morgan fingerprint density at radius 2 is 2.30 bits per heavy atom. The van der Waals surface area contributed by atoms with Crippen LogP contribution in [0.3, 0.4) is 0 Å². The highest BCUT2D eigenvalue weighted by Crippen LogP contribution is 2.34. The van der Waals surface area contributed by atoms with E-state index in [0.717, 1.165) is 10.4 Å². The van der Waals surface area contributed by atoms with Gasteiger partial charge in [0.2, 0.25) is 0 Å². The predicted molar refractivity (Wildman–Crippen MR) is 98.8 cm³/mol. The molecule has 3 heterocycles. The number of fused-ring (bicyclic) bond motifs is 1. The summed E-state index contributed by atoms with van der Waals surface area (Å²) in [5, 5.41) is 5.18. The topological polar surface area (TPSA) is 52.0 Å². The van der Waals surface area contributed by atoms with Crippen molar-refractivity contribution in [2.24, 2.45) is 0 Å². The van der Waals surface area contributed by atoms with Gasteiger partial charge in [0.05, 0.1) is 11.1 Å². The van der Waals surface area contributed by atoms with E-state index in [1.165, 1.54) is 30.0 Å². The third-order valence-corrected chi connectivity index (χ3v) is 6.06. The number of carbonyl (C=O) groups is 1. The van der Waals surface area contributed by atoms with Gasteiger partial charge in [-0.1, -0.05) is 23.9 Å². The van der Waals surface area contributed by atoms with Crippen LogP contribution in [-0.2, 0) is 11.3 Å². The summed E-state index contributed by atoms with van der Waals surface area (Å²) in [6, 6.07) is 3.97. The van der Waals surface area contributed by atoms with Crippen molar-refractivity contribution < 1.29 is 4.79 Å². The molecule has 0 fully saturated rings. The van der Waals surface area contributed by atoms with Gasteiger partial charge in [-0.2, -0.15) is 0 Å². The van der Waals surface area contributed by atoms with Gasteiger partial charge in [0.25, 0.3) is 5.56 Å². The zero-order valence-electron chi connectivity index (χ0n) is 12.4. The maximum Gasteiger partial charge on any atom is 0.263 e. The van der Waals surface area contributed by atoms with Crippen LogP contribution in [0.25, 0.3) is 20.7 Å². The van der Waals surface area contributed by atoms with E-state index in [9.17, 15) is 9.59 Å². The highest BCUT2D eigenvalue weighted by Gasteiger charge is 2.17. The molecule has 7 heteroatoms. The third kappa shape index (κ3) is 3.17. The molecule has 3 aromatic heterocycles. The molecule has 0 aliphatic rings. The first-order chi connectivity index (χ1) is 11.1. The number of allylic oxidation sites excluding steroid dienone is 1. The van der Waals surface area contributed by atoms with Crippen molar-refractivity contribution >= 4 is 50.4 Å². The summed E-state index contributed by atoms with van der Waals surface area (Å²) < 4.78 is 1.59. The van der Waals surface area contributed by atoms with E-state index in [2.05, 4.69) is 11.6 Å². The summed E-state index contributed by atoms with van der Waals surface area (Å²) in [5.74, 6) is 0.359. The quantitative estimate of drug-likeness (QED) is 0.377. The molecule has 23 heavy (non-hydrogen) atoms. The number of hydrogen-bond donors (Lipinski definition) is 0. The highest BCUT2D eigenvalue weighted by atomic mass is 32.2. The molecule has 0 saturated carbocycles. The summed E-state index contributed by atoms with van der Waals surface area (Å²) in [5.41, 5.74) is 0.851. The van der Waals surface area contributed by atoms with Crippen molar-refractivity contribution in [3.63, 3.8) is 0 Å². The van der Waals surface area contributed by atoms with Gasteiger partial charge >= 0.3 is 0 Å². The molecule has 0 saturated heterocycles. The van der Waals surface area contributed by atoms with Gasteiger partial charge in [0, 0.05) is 22.4 Å². The molecule has 3 rings (SSSR count). The lowest BCUT2D eigenvalue weighted by Gasteiger charge is -2.09. The highest BCUT2D eigenvalue weighted by molar-refractivity contribution is 7.99. The van der Waals surface area contributed by atoms with Crippen molar-refractivity contribution in [1.29, 1.82) is 0 Å². The number of thiophene rings is 2. The Morgan fingerprint density at radius 1 is 1.48 bits per heavy atom. The molecule has 3 aromatic rings. The SMILES string of the molecule is C=CCn1c(SCC(C)=O)nc2scc(-c3cccs3)c2c1=O. The summed E-state index contributed by atoms with van der Waals surface area (Å²) in [4.78, 5) is 30.6. The minimum Gasteiger partial charge on any atom is -0.299 e. The standard InChI is InChI=1S/C16H14N2O2S3/c1-3-6-18-15(20)13-11(12-5-4-7-21-12)9-22-14(13)17-16(18)23-8-10(2)19/h3-5,7,9H,1,6,8H2,2H3. The van der Waals surface area contributed by atoms with Crippen LogP contribution in [0.2, 0.25) is 0 Å². The number of hydrogen-bond acceptors (Lipinski definition) is 6. The normalized spacial score (nSPS) is 11.0. The molecule has 0 radical (unpaired) electrons. The Labute approximate surface area is 145 Å². The van der Waals surface area contributed by atoms with Crippen molar-refractivity contribution in [2.45, 2.75) is 18.6 Å². The van der Waals surface area contributed by atoms with E-state index in [1.807, 2.05) is 22.9 Å². The summed E-state index contributed by atoms with van der Waals surface area (Å²) >= 11 is 4.36. The van der Waals surface area contributed by atoms with Crippen molar-refractivity contribution in [3.8, 4) is 10.4 Å². The lowest BCUT2D eigenvalue weighted by molar-refractivity contribution is -0.114. The number of carbonyl (C=O) groups excluding carboxylic acids is 1. The largest absolute Gasteiger partial charge is 0.299 e. The van der Waals surface area contributed by atoms with Crippen LogP contribution in [0.1, 0.15) is 6.92 Å². The van der Waals surface area contributed by atoms with E-state index < -0.39 is 0 Å². The molecule has 118 valence electrons. The lowest BCUT2D eigenvalue weighted by Crippen LogP contribution is -2.22. The summed E-state index contributed by atoms with van der Waals surface area (Å²) in [6.07, 6.45) is 1.67. The van der Waals surface area contributed by atoms with Crippen LogP contribution >= 0.6 is 34.4 Å². The van der Waals surface area contributed by atoms with Gasteiger partial charge in [-0.05, 0) is 18.4 Å². The predicted octanol–water partition coefficient (Wildman–Crippen LogP) is 4.05. The Hall–Kier alpha value is -1.70. The fraction of sp³-hybridized carbons (Fsp3) is 0.188. The van der Waals surface area contributed by atoms with Crippen molar-refractivity contribution in [2.75, 3.05) is 5.75 Å². The maximum atomic E-state index is 12.9. The zero-order valence-corrected chi connectivity index (χ0v) is 14.9. The zero-order chi connectivity index (χ0) is 16.4. The number of rotatable bonds is 6. The lowest BCUT2D eigenvalue weighted by atomic mass is 10.2. The molecule has 4 nitrogen and oxygen atoms in total. The molecule has 0 aliphatic carbocycles. The van der Waals surface area contributed by atoms with E-state index in [-0.39, 0.29) is 11.3 Å². The minimum atomic E-state index is -0.0781. The van der Waals surface area contributed by atoms with Gasteiger partial charge in [-0.3, -0.25) is 14.2 Å². The molecule has 0 spiro atoms. The van der Waals surface area contributed by atoms with Gasteiger partial charge in [0.15, 0.2) is 5.16 Å². The Balaban J connectivity index is 2.20. The first-order valence-electron chi connectivity index (χ1n) is 6.91. The average Bonchev–Trinajstić information content (AvgIpc) is 3.16. The maximum absolute atomic E-state index is 12.9. The van der Waals surface area contributed by atoms with Gasteiger partial charge in [-0.25, -0.2) is 4.98 Å². The fourth-order valence-electron chi connectivity index (χ4n) is 2.19. The van der Waals surface area contributed by atoms with Crippen LogP contribution in [0.4, 0.5) is 0 Å². The smallest absolute Gasteiger partial charge is 0.263 e. The molecule has 0 amide bonds. The molecule has 0 aromatic carbocycles. The van der Waals surface area contributed by atoms with Crippen LogP contribution in [0.5, 0.6) is 0 Å². The van der Waals surface area contributed by atoms with Crippen molar-refractivity contribution in [3.05, 3.63) is 45.9 Å². The Bertz CT molecular complexity index is 923. The molecule has 0 unspecified atom stereocenters. The average molecular weight is 363 g/mol.